The summed E-state index contributed by atoms with van der Waals surface area (Å²) in [6.45, 7) is 13.2. The van der Waals surface area contributed by atoms with Crippen LogP contribution in [0.1, 0.15) is 51.7 Å². The summed E-state index contributed by atoms with van der Waals surface area (Å²) in [6.07, 6.45) is 3.11. The summed E-state index contributed by atoms with van der Waals surface area (Å²) in [6, 6.07) is 6.34. The molecule has 0 aliphatic carbocycles. The van der Waals surface area contributed by atoms with Crippen LogP contribution in [-0.4, -0.2) is 18.5 Å². The number of aryl methyl sites for hydroxylation is 1. The predicted octanol–water partition coefficient (Wildman–Crippen LogP) is 4.74. The highest BCUT2D eigenvalue weighted by Gasteiger charge is 2.21. The molecule has 1 unspecified atom stereocenters. The Bertz CT molecular complexity index is 561. The van der Waals surface area contributed by atoms with Gasteiger partial charge in [0.2, 0.25) is 5.90 Å². The van der Waals surface area contributed by atoms with Crippen molar-refractivity contribution in [3.63, 3.8) is 0 Å². The summed E-state index contributed by atoms with van der Waals surface area (Å²) in [5, 5.41) is 0. The molecule has 0 N–H and O–H groups in total. The van der Waals surface area contributed by atoms with Crippen LogP contribution in [0.2, 0.25) is 0 Å². The number of aliphatic imine (C=N–C) groups is 1. The molecule has 0 radical (unpaired) electrons. The highest BCUT2D eigenvalue weighted by molar-refractivity contribution is 5.98. The van der Waals surface area contributed by atoms with Gasteiger partial charge in [-0.3, -0.25) is 0 Å². The van der Waals surface area contributed by atoms with Crippen molar-refractivity contribution in [2.24, 2.45) is 10.9 Å². The lowest BCUT2D eigenvalue weighted by Crippen LogP contribution is -2.17. The number of hydrogen-bond donors (Lipinski definition) is 0. The van der Waals surface area contributed by atoms with Gasteiger partial charge in [-0.2, -0.15) is 0 Å². The average Bonchev–Trinajstić information content (AvgIpc) is 2.52. The van der Waals surface area contributed by atoms with E-state index in [4.69, 9.17) is 9.47 Å². The normalized spacial score (nSPS) is 16.0. The molecule has 0 aromatic heterocycles. The minimum Gasteiger partial charge on any atom is -0.492 e. The highest BCUT2D eigenvalue weighted by Crippen LogP contribution is 2.31. The van der Waals surface area contributed by atoms with Gasteiger partial charge in [0.05, 0.1) is 12.2 Å². The van der Waals surface area contributed by atoms with Crippen LogP contribution in [0, 0.1) is 5.92 Å². The number of allylic oxidation sites excluding steroid dienone is 1. The van der Waals surface area contributed by atoms with Crippen molar-refractivity contribution in [3.05, 3.63) is 41.7 Å². The molecule has 1 aromatic carbocycles. The lowest BCUT2D eigenvalue weighted by atomic mass is 10.0. The van der Waals surface area contributed by atoms with Crippen LogP contribution in [0.15, 0.2) is 35.5 Å². The van der Waals surface area contributed by atoms with Crippen molar-refractivity contribution in [1.82, 2.24) is 0 Å². The number of ether oxygens (including phenoxy) is 2. The van der Waals surface area contributed by atoms with Gasteiger partial charge in [0.15, 0.2) is 0 Å². The molecule has 0 spiro atoms. The van der Waals surface area contributed by atoms with E-state index in [1.54, 1.807) is 0 Å². The second kappa shape index (κ2) is 7.48. The van der Waals surface area contributed by atoms with Gasteiger partial charge in [0.25, 0.3) is 0 Å². The molecule has 0 bridgehead atoms. The van der Waals surface area contributed by atoms with E-state index in [2.05, 4.69) is 31.5 Å². The molecule has 1 aromatic rings. The number of rotatable bonds is 5. The van der Waals surface area contributed by atoms with E-state index in [0.29, 0.717) is 11.8 Å². The third kappa shape index (κ3) is 3.90. The number of fused-ring (bicyclic) bond motifs is 1. The quantitative estimate of drug-likeness (QED) is 0.446. The average molecular weight is 301 g/mol. The van der Waals surface area contributed by atoms with Gasteiger partial charge in [0.1, 0.15) is 11.5 Å². The maximum Gasteiger partial charge on any atom is 0.225 e. The lowest BCUT2D eigenvalue weighted by molar-refractivity contribution is 0.284. The highest BCUT2D eigenvalue weighted by atomic mass is 16.5. The molecule has 0 fully saturated rings. The van der Waals surface area contributed by atoms with Crippen LogP contribution in [0.25, 0.3) is 0 Å². The molecule has 1 aliphatic rings. The van der Waals surface area contributed by atoms with Crippen LogP contribution >= 0.6 is 0 Å². The zero-order valence-corrected chi connectivity index (χ0v) is 14.2. The molecular weight excluding hydrogens is 274 g/mol. The van der Waals surface area contributed by atoms with Crippen LogP contribution < -0.4 is 4.74 Å². The predicted molar refractivity (Wildman–Crippen MR) is 91.6 cm³/mol. The monoisotopic (exact) mass is 301 g/mol. The second-order valence-electron chi connectivity index (χ2n) is 6.15. The Morgan fingerprint density at radius 1 is 1.36 bits per heavy atom. The first kappa shape index (κ1) is 16.6. The molecule has 0 saturated heterocycles. The van der Waals surface area contributed by atoms with Crippen molar-refractivity contribution in [3.8, 4) is 5.75 Å². The topological polar surface area (TPSA) is 30.8 Å². The van der Waals surface area contributed by atoms with Crippen molar-refractivity contribution >= 4 is 5.90 Å². The fraction of sp³-hybridized carbons (Fsp3) is 0.526. The SMILES string of the molecule is C=C(OC(=NC(C)C)c1cccc2c1OCCC2)C(C)CC. The maximum absolute atomic E-state index is 6.04. The fourth-order valence-corrected chi connectivity index (χ4v) is 2.40. The molecule has 1 heterocycles. The first-order chi connectivity index (χ1) is 10.5. The largest absolute Gasteiger partial charge is 0.492 e. The van der Waals surface area contributed by atoms with Gasteiger partial charge in [0, 0.05) is 12.0 Å². The molecule has 0 amide bonds. The van der Waals surface area contributed by atoms with Crippen molar-refractivity contribution in [2.75, 3.05) is 6.61 Å². The zero-order valence-electron chi connectivity index (χ0n) is 14.2. The summed E-state index contributed by atoms with van der Waals surface area (Å²) in [5.41, 5.74) is 2.17. The number of benzene rings is 1. The Hall–Kier alpha value is -1.77. The lowest BCUT2D eigenvalue weighted by Gasteiger charge is -2.22. The molecule has 2 rings (SSSR count). The summed E-state index contributed by atoms with van der Waals surface area (Å²) in [5.74, 6) is 2.61. The maximum atomic E-state index is 6.04. The Morgan fingerprint density at radius 2 is 2.14 bits per heavy atom. The molecular formula is C19H27NO2. The van der Waals surface area contributed by atoms with Crippen LogP contribution in [-0.2, 0) is 11.2 Å². The van der Waals surface area contributed by atoms with E-state index in [1.165, 1.54) is 5.56 Å². The van der Waals surface area contributed by atoms with Gasteiger partial charge in [-0.25, -0.2) is 4.99 Å². The van der Waals surface area contributed by atoms with Gasteiger partial charge < -0.3 is 9.47 Å². The first-order valence-corrected chi connectivity index (χ1v) is 8.22. The Kier molecular flexibility index (Phi) is 5.64. The second-order valence-corrected chi connectivity index (χ2v) is 6.15. The Balaban J connectivity index is 2.36. The van der Waals surface area contributed by atoms with E-state index in [0.717, 1.165) is 42.9 Å². The number of para-hydroxylation sites is 1. The molecule has 1 aliphatic heterocycles. The standard InChI is InChI=1S/C19H27NO2/c1-6-14(4)15(5)22-19(20-13(2)3)17-11-7-9-16-10-8-12-21-18(16)17/h7,9,11,13-14H,5-6,8,10,12H2,1-4H3. The van der Waals surface area contributed by atoms with Gasteiger partial charge >= 0.3 is 0 Å². The van der Waals surface area contributed by atoms with Crippen LogP contribution in [0.4, 0.5) is 0 Å². The van der Waals surface area contributed by atoms with Gasteiger partial charge in [-0.05, 0) is 44.7 Å². The molecule has 3 nitrogen and oxygen atoms in total. The molecule has 1 atom stereocenters. The molecule has 22 heavy (non-hydrogen) atoms. The summed E-state index contributed by atoms with van der Waals surface area (Å²) >= 11 is 0. The molecule has 0 saturated carbocycles. The third-order valence-corrected chi connectivity index (χ3v) is 3.93. The Morgan fingerprint density at radius 3 is 2.82 bits per heavy atom. The molecule has 120 valence electrons. The fourth-order valence-electron chi connectivity index (χ4n) is 2.40. The van der Waals surface area contributed by atoms with E-state index >= 15 is 0 Å². The van der Waals surface area contributed by atoms with Gasteiger partial charge in [-0.15, -0.1) is 0 Å². The van der Waals surface area contributed by atoms with Crippen molar-refractivity contribution in [2.45, 2.75) is 53.0 Å². The summed E-state index contributed by atoms with van der Waals surface area (Å²) < 4.78 is 11.9. The minimum absolute atomic E-state index is 0.152. The third-order valence-electron chi connectivity index (χ3n) is 3.93. The minimum atomic E-state index is 0.152. The Labute approximate surface area is 134 Å². The van der Waals surface area contributed by atoms with Crippen molar-refractivity contribution in [1.29, 1.82) is 0 Å². The zero-order chi connectivity index (χ0) is 16.1. The summed E-state index contributed by atoms with van der Waals surface area (Å²) in [7, 11) is 0. The van der Waals surface area contributed by atoms with Gasteiger partial charge in [-0.1, -0.05) is 32.6 Å². The number of nitrogens with zero attached hydrogens (tertiary/aromatic N) is 1. The van der Waals surface area contributed by atoms with Crippen molar-refractivity contribution < 1.29 is 9.47 Å². The summed E-state index contributed by atoms with van der Waals surface area (Å²) in [4.78, 5) is 4.67. The smallest absolute Gasteiger partial charge is 0.225 e. The molecule has 3 heteroatoms. The number of hydrogen-bond acceptors (Lipinski definition) is 3. The first-order valence-electron chi connectivity index (χ1n) is 8.22. The van der Waals surface area contributed by atoms with Crippen LogP contribution in [0.5, 0.6) is 5.75 Å². The van der Waals surface area contributed by atoms with E-state index < -0.39 is 0 Å². The van der Waals surface area contributed by atoms with E-state index in [-0.39, 0.29) is 6.04 Å². The van der Waals surface area contributed by atoms with E-state index in [1.807, 2.05) is 26.0 Å². The van der Waals surface area contributed by atoms with E-state index in [9.17, 15) is 0 Å². The van der Waals surface area contributed by atoms with Crippen LogP contribution in [0.3, 0.4) is 0 Å².